The van der Waals surface area contributed by atoms with Crippen molar-refractivity contribution in [3.8, 4) is 0 Å². The molecule has 1 aromatic rings. The van der Waals surface area contributed by atoms with Crippen molar-refractivity contribution in [2.75, 3.05) is 5.73 Å². The summed E-state index contributed by atoms with van der Waals surface area (Å²) >= 11 is 0. The highest BCUT2D eigenvalue weighted by Gasteiger charge is 2.39. The summed E-state index contributed by atoms with van der Waals surface area (Å²) in [6.45, 7) is 3.74. The van der Waals surface area contributed by atoms with Crippen LogP contribution in [0.3, 0.4) is 0 Å². The van der Waals surface area contributed by atoms with Gasteiger partial charge in [-0.2, -0.15) is 0 Å². The fourth-order valence-corrected chi connectivity index (χ4v) is 2.21. The van der Waals surface area contributed by atoms with Crippen molar-refractivity contribution in [1.82, 2.24) is 5.32 Å². The summed E-state index contributed by atoms with van der Waals surface area (Å²) < 4.78 is 13.4. The summed E-state index contributed by atoms with van der Waals surface area (Å²) in [7, 11) is 0. The number of hydrogen-bond acceptors (Lipinski definition) is 4. The molecule has 0 spiro atoms. The second-order valence-corrected chi connectivity index (χ2v) is 5.59. The lowest BCUT2D eigenvalue weighted by Gasteiger charge is -2.26. The third-order valence-corrected chi connectivity index (χ3v) is 3.60. The lowest BCUT2D eigenvalue weighted by Crippen LogP contribution is -2.45. The number of nitrogens with one attached hydrogen (secondary N) is 1. The molecule has 2 rings (SSSR count). The van der Waals surface area contributed by atoms with Crippen molar-refractivity contribution in [3.63, 3.8) is 0 Å². The van der Waals surface area contributed by atoms with E-state index >= 15 is 0 Å². The number of rotatable bonds is 4. The standard InChI is InChI=1S/C13H16FN3O3/c1-13(2,7-3-4-7)16-12(18)9-5-8(14)6-10(11(9)15)17(19)20/h5-7H,3-4,15H2,1-2H3,(H,16,18). The first-order valence-electron chi connectivity index (χ1n) is 6.28. The molecule has 1 fully saturated rings. The summed E-state index contributed by atoms with van der Waals surface area (Å²) in [6, 6.07) is 1.62. The van der Waals surface area contributed by atoms with Crippen LogP contribution in [-0.4, -0.2) is 16.4 Å². The predicted molar refractivity (Wildman–Crippen MR) is 71.7 cm³/mol. The molecule has 3 N–H and O–H groups in total. The van der Waals surface area contributed by atoms with Gasteiger partial charge in [0.05, 0.1) is 16.6 Å². The number of nitrogens with zero attached hydrogens (tertiary/aromatic N) is 1. The molecule has 7 heteroatoms. The SMILES string of the molecule is CC(C)(NC(=O)c1cc(F)cc([N+](=O)[O-])c1N)C1CC1. The van der Waals surface area contributed by atoms with E-state index in [0.29, 0.717) is 12.0 Å². The maximum Gasteiger partial charge on any atom is 0.295 e. The van der Waals surface area contributed by atoms with Crippen molar-refractivity contribution in [2.24, 2.45) is 5.92 Å². The van der Waals surface area contributed by atoms with Crippen LogP contribution in [0.2, 0.25) is 0 Å². The van der Waals surface area contributed by atoms with Gasteiger partial charge in [-0.1, -0.05) is 0 Å². The smallest absolute Gasteiger partial charge is 0.295 e. The number of carbonyl (C=O) groups excluding carboxylic acids is 1. The van der Waals surface area contributed by atoms with Gasteiger partial charge in [0, 0.05) is 5.54 Å². The highest BCUT2D eigenvalue weighted by atomic mass is 19.1. The van der Waals surface area contributed by atoms with Gasteiger partial charge in [0.1, 0.15) is 11.5 Å². The second-order valence-electron chi connectivity index (χ2n) is 5.59. The van der Waals surface area contributed by atoms with Gasteiger partial charge in [0.15, 0.2) is 0 Å². The first kappa shape index (κ1) is 14.2. The molecule has 6 nitrogen and oxygen atoms in total. The zero-order valence-corrected chi connectivity index (χ0v) is 11.3. The van der Waals surface area contributed by atoms with Gasteiger partial charge in [-0.3, -0.25) is 14.9 Å². The molecule has 1 aromatic carbocycles. The number of halogens is 1. The summed E-state index contributed by atoms with van der Waals surface area (Å²) in [4.78, 5) is 22.1. The lowest BCUT2D eigenvalue weighted by atomic mass is 9.97. The number of nitrogens with two attached hydrogens (primary N) is 1. The summed E-state index contributed by atoms with van der Waals surface area (Å²) in [5.74, 6) is -1.08. The molecular weight excluding hydrogens is 265 g/mol. The molecule has 0 radical (unpaired) electrons. The van der Waals surface area contributed by atoms with Gasteiger partial charge >= 0.3 is 0 Å². The number of anilines is 1. The molecule has 20 heavy (non-hydrogen) atoms. The van der Waals surface area contributed by atoms with Crippen molar-refractivity contribution < 1.29 is 14.1 Å². The Morgan fingerprint density at radius 2 is 2.10 bits per heavy atom. The van der Waals surface area contributed by atoms with E-state index < -0.39 is 27.9 Å². The molecule has 0 bridgehead atoms. The number of hydrogen-bond donors (Lipinski definition) is 2. The fourth-order valence-electron chi connectivity index (χ4n) is 2.21. The topological polar surface area (TPSA) is 98.3 Å². The molecular formula is C13H16FN3O3. The normalized spacial score (nSPS) is 14.9. The number of carbonyl (C=O) groups is 1. The van der Waals surface area contributed by atoms with E-state index in [9.17, 15) is 19.3 Å². The van der Waals surface area contributed by atoms with E-state index in [2.05, 4.69) is 5.32 Å². The number of amides is 1. The Morgan fingerprint density at radius 1 is 1.50 bits per heavy atom. The Bertz CT molecular complexity index is 582. The van der Waals surface area contributed by atoms with Crippen LogP contribution in [0, 0.1) is 21.8 Å². The molecule has 0 unspecified atom stereocenters. The lowest BCUT2D eigenvalue weighted by molar-refractivity contribution is -0.384. The van der Waals surface area contributed by atoms with Crippen LogP contribution in [0.1, 0.15) is 37.0 Å². The number of nitrogen functional groups attached to an aromatic ring is 1. The Kier molecular flexibility index (Phi) is 3.37. The first-order chi connectivity index (χ1) is 9.22. The molecule has 1 saturated carbocycles. The predicted octanol–water partition coefficient (Wildman–Crippen LogP) is 2.23. The van der Waals surface area contributed by atoms with Gasteiger partial charge in [0.2, 0.25) is 0 Å². The molecule has 0 saturated heterocycles. The first-order valence-corrected chi connectivity index (χ1v) is 6.28. The minimum Gasteiger partial charge on any atom is -0.393 e. The van der Waals surface area contributed by atoms with Gasteiger partial charge in [-0.25, -0.2) is 4.39 Å². The van der Waals surface area contributed by atoms with Crippen molar-refractivity contribution in [3.05, 3.63) is 33.6 Å². The van der Waals surface area contributed by atoms with Crippen LogP contribution in [-0.2, 0) is 0 Å². The Labute approximate surface area is 115 Å². The van der Waals surface area contributed by atoms with E-state index in [1.54, 1.807) is 0 Å². The van der Waals surface area contributed by atoms with Crippen LogP contribution in [0.25, 0.3) is 0 Å². The van der Waals surface area contributed by atoms with Crippen molar-refractivity contribution in [1.29, 1.82) is 0 Å². The number of nitro benzene ring substituents is 1. The van der Waals surface area contributed by atoms with Crippen molar-refractivity contribution in [2.45, 2.75) is 32.2 Å². The van der Waals surface area contributed by atoms with Gasteiger partial charge < -0.3 is 11.1 Å². The minimum atomic E-state index is -0.861. The van der Waals surface area contributed by atoms with E-state index in [-0.39, 0.29) is 11.3 Å². The zero-order chi connectivity index (χ0) is 15.1. The fraction of sp³-hybridized carbons (Fsp3) is 0.462. The molecule has 0 atom stereocenters. The number of nitro groups is 1. The Morgan fingerprint density at radius 3 is 2.60 bits per heavy atom. The average Bonchev–Trinajstić information content (AvgIpc) is 3.14. The molecule has 108 valence electrons. The maximum absolute atomic E-state index is 13.4. The van der Waals surface area contributed by atoms with Gasteiger partial charge in [-0.15, -0.1) is 0 Å². The highest BCUT2D eigenvalue weighted by Crippen LogP contribution is 2.39. The quantitative estimate of drug-likeness (QED) is 0.502. The second kappa shape index (κ2) is 4.73. The van der Waals surface area contributed by atoms with Crippen LogP contribution in [0.4, 0.5) is 15.8 Å². The van der Waals surface area contributed by atoms with Crippen LogP contribution in [0.5, 0.6) is 0 Å². The molecule has 1 aliphatic rings. The zero-order valence-electron chi connectivity index (χ0n) is 11.3. The van der Waals surface area contributed by atoms with Crippen LogP contribution < -0.4 is 11.1 Å². The minimum absolute atomic E-state index is 0.203. The van der Waals surface area contributed by atoms with Crippen molar-refractivity contribution >= 4 is 17.3 Å². The molecule has 0 aromatic heterocycles. The average molecular weight is 281 g/mol. The van der Waals surface area contributed by atoms with E-state index in [0.717, 1.165) is 18.9 Å². The Balaban J connectivity index is 2.32. The molecule has 0 aliphatic heterocycles. The Hall–Kier alpha value is -2.18. The molecule has 1 amide bonds. The van der Waals surface area contributed by atoms with E-state index in [1.807, 2.05) is 13.8 Å². The summed E-state index contributed by atoms with van der Waals surface area (Å²) in [5.41, 5.74) is 4.04. The monoisotopic (exact) mass is 281 g/mol. The maximum atomic E-state index is 13.4. The number of benzene rings is 1. The largest absolute Gasteiger partial charge is 0.393 e. The third-order valence-electron chi connectivity index (χ3n) is 3.60. The third kappa shape index (κ3) is 2.71. The summed E-state index contributed by atoms with van der Waals surface area (Å²) in [6.07, 6.45) is 2.04. The van der Waals surface area contributed by atoms with E-state index in [1.165, 1.54) is 0 Å². The van der Waals surface area contributed by atoms with E-state index in [4.69, 9.17) is 5.73 Å². The van der Waals surface area contributed by atoms with Gasteiger partial charge in [0.25, 0.3) is 11.6 Å². The van der Waals surface area contributed by atoms with Gasteiger partial charge in [-0.05, 0) is 38.7 Å². The summed E-state index contributed by atoms with van der Waals surface area (Å²) in [5, 5.41) is 13.5. The van der Waals surface area contributed by atoms with Crippen LogP contribution >= 0.6 is 0 Å². The highest BCUT2D eigenvalue weighted by molar-refractivity contribution is 6.01. The molecule has 0 heterocycles. The molecule has 1 aliphatic carbocycles. The van der Waals surface area contributed by atoms with Crippen LogP contribution in [0.15, 0.2) is 12.1 Å².